The van der Waals surface area contributed by atoms with Gasteiger partial charge in [-0.3, -0.25) is 9.69 Å². The van der Waals surface area contributed by atoms with Crippen molar-refractivity contribution in [2.45, 2.75) is 40.8 Å². The zero-order chi connectivity index (χ0) is 22.8. The van der Waals surface area contributed by atoms with E-state index in [9.17, 15) is 4.79 Å². The summed E-state index contributed by atoms with van der Waals surface area (Å²) in [5, 5.41) is 3.02. The van der Waals surface area contributed by atoms with Crippen LogP contribution in [0.4, 0.5) is 0 Å². The van der Waals surface area contributed by atoms with Crippen molar-refractivity contribution in [2.24, 2.45) is 0 Å². The number of methoxy groups -OCH3 is 1. The fourth-order valence-electron chi connectivity index (χ4n) is 3.48. The molecular weight excluding hydrogens is 446 g/mol. The van der Waals surface area contributed by atoms with Gasteiger partial charge in [0.05, 0.1) is 12.0 Å². The predicted molar refractivity (Wildman–Crippen MR) is 137 cm³/mol. The zero-order valence-corrected chi connectivity index (χ0v) is 21.8. The summed E-state index contributed by atoms with van der Waals surface area (Å²) in [4.78, 5) is 18.8. The average molecular weight is 484 g/mol. The summed E-state index contributed by atoms with van der Waals surface area (Å²) in [5.74, 6) is 1.38. The summed E-state index contributed by atoms with van der Waals surface area (Å²) < 4.78 is 11.7. The van der Waals surface area contributed by atoms with Crippen molar-refractivity contribution in [3.8, 4) is 21.9 Å². The van der Waals surface area contributed by atoms with Gasteiger partial charge >= 0.3 is 0 Å². The number of amides is 1. The first-order valence-electron chi connectivity index (χ1n) is 11.2. The van der Waals surface area contributed by atoms with Crippen molar-refractivity contribution in [2.75, 3.05) is 46.4 Å². The van der Waals surface area contributed by atoms with Crippen LogP contribution in [-0.2, 0) is 0 Å². The summed E-state index contributed by atoms with van der Waals surface area (Å²) >= 11 is 1.49. The van der Waals surface area contributed by atoms with Gasteiger partial charge < -0.3 is 19.7 Å². The van der Waals surface area contributed by atoms with Crippen LogP contribution in [0.1, 0.15) is 44.3 Å². The molecule has 0 aliphatic heterocycles. The summed E-state index contributed by atoms with van der Waals surface area (Å²) in [6, 6.07) is 9.79. The van der Waals surface area contributed by atoms with Gasteiger partial charge in [-0.05, 0) is 69.0 Å². The Bertz CT molecular complexity index is 823. The molecule has 0 fully saturated rings. The van der Waals surface area contributed by atoms with E-state index >= 15 is 0 Å². The van der Waals surface area contributed by atoms with Crippen LogP contribution < -0.4 is 14.8 Å². The van der Waals surface area contributed by atoms with Crippen LogP contribution in [0.2, 0.25) is 0 Å². The smallest absolute Gasteiger partial charge is 0.261 e. The second kappa shape index (κ2) is 14.4. The second-order valence-corrected chi connectivity index (χ2v) is 8.33. The van der Waals surface area contributed by atoms with Gasteiger partial charge in [-0.1, -0.05) is 27.7 Å². The number of hydrogen-bond acceptors (Lipinski definition) is 6. The molecule has 0 spiro atoms. The van der Waals surface area contributed by atoms with Crippen LogP contribution in [-0.4, -0.2) is 68.3 Å². The molecule has 0 saturated carbocycles. The van der Waals surface area contributed by atoms with E-state index in [0.29, 0.717) is 17.2 Å². The van der Waals surface area contributed by atoms with Crippen LogP contribution in [0.25, 0.3) is 10.4 Å². The lowest BCUT2D eigenvalue weighted by atomic mass is 10.1. The third-order valence-corrected chi connectivity index (χ3v) is 6.64. The van der Waals surface area contributed by atoms with Crippen LogP contribution in [0.5, 0.6) is 11.5 Å². The number of benzene rings is 1. The molecule has 2 rings (SSSR count). The van der Waals surface area contributed by atoms with E-state index < -0.39 is 0 Å². The number of carbonyl (C=O) groups excluding carboxylic acids is 1. The van der Waals surface area contributed by atoms with Gasteiger partial charge in [-0.2, -0.15) is 0 Å². The maximum atomic E-state index is 12.5. The molecule has 180 valence electrons. The first-order valence-corrected chi connectivity index (χ1v) is 12.0. The fourth-order valence-corrected chi connectivity index (χ4v) is 4.40. The van der Waals surface area contributed by atoms with Crippen molar-refractivity contribution in [3.05, 3.63) is 35.2 Å². The molecule has 0 bridgehead atoms. The number of carbonyl (C=O) groups is 1. The number of ether oxygens (including phenoxy) is 2. The molecule has 6 nitrogen and oxygen atoms in total. The highest BCUT2D eigenvalue weighted by atomic mass is 35.5. The molecule has 1 aromatic heterocycles. The minimum absolute atomic E-state index is 0. The SMILES string of the molecule is CCN(CC)CCNC(=O)c1ccc(-c2ccc(OC(C)N(CC)CC)c(OC)c2)s1.Cl. The van der Waals surface area contributed by atoms with Gasteiger partial charge in [-0.25, -0.2) is 0 Å². The highest BCUT2D eigenvalue weighted by molar-refractivity contribution is 7.17. The van der Waals surface area contributed by atoms with Gasteiger partial charge in [0.2, 0.25) is 0 Å². The molecule has 1 unspecified atom stereocenters. The number of nitrogens with one attached hydrogen (secondary N) is 1. The van der Waals surface area contributed by atoms with Crippen LogP contribution >= 0.6 is 23.7 Å². The van der Waals surface area contributed by atoms with Crippen molar-refractivity contribution in [1.82, 2.24) is 15.1 Å². The lowest BCUT2D eigenvalue weighted by Crippen LogP contribution is -2.36. The Kier molecular flexibility index (Phi) is 12.7. The second-order valence-electron chi connectivity index (χ2n) is 7.25. The zero-order valence-electron chi connectivity index (χ0n) is 20.1. The third-order valence-electron chi connectivity index (χ3n) is 5.51. The van der Waals surface area contributed by atoms with Crippen molar-refractivity contribution in [3.63, 3.8) is 0 Å². The number of rotatable bonds is 13. The van der Waals surface area contributed by atoms with Gasteiger partial charge in [0.1, 0.15) is 6.23 Å². The molecule has 1 N–H and O–H groups in total. The summed E-state index contributed by atoms with van der Waals surface area (Å²) in [6.07, 6.45) is -0.0388. The molecule has 1 amide bonds. The summed E-state index contributed by atoms with van der Waals surface area (Å²) in [7, 11) is 1.65. The van der Waals surface area contributed by atoms with Crippen LogP contribution in [0.15, 0.2) is 30.3 Å². The molecule has 8 heteroatoms. The molecule has 32 heavy (non-hydrogen) atoms. The van der Waals surface area contributed by atoms with Gasteiger partial charge in [0, 0.05) is 18.0 Å². The van der Waals surface area contributed by atoms with E-state index in [1.54, 1.807) is 7.11 Å². The Morgan fingerprint density at radius 3 is 2.31 bits per heavy atom. The molecule has 1 aromatic carbocycles. The number of hydrogen-bond donors (Lipinski definition) is 1. The van der Waals surface area contributed by atoms with Crippen molar-refractivity contribution < 1.29 is 14.3 Å². The molecule has 2 aromatic rings. The minimum Gasteiger partial charge on any atom is -0.493 e. The van der Waals surface area contributed by atoms with E-state index in [1.807, 2.05) is 37.3 Å². The largest absolute Gasteiger partial charge is 0.493 e. The average Bonchev–Trinajstić information content (AvgIpc) is 3.28. The van der Waals surface area contributed by atoms with Crippen molar-refractivity contribution >= 4 is 29.7 Å². The maximum absolute atomic E-state index is 12.5. The predicted octanol–water partition coefficient (Wildman–Crippen LogP) is 4.98. The van der Waals surface area contributed by atoms with Crippen LogP contribution in [0, 0.1) is 0 Å². The van der Waals surface area contributed by atoms with E-state index in [4.69, 9.17) is 9.47 Å². The van der Waals surface area contributed by atoms with Crippen LogP contribution in [0.3, 0.4) is 0 Å². The van der Waals surface area contributed by atoms with Crippen molar-refractivity contribution in [1.29, 1.82) is 0 Å². The van der Waals surface area contributed by atoms with Gasteiger partial charge in [0.25, 0.3) is 5.91 Å². The van der Waals surface area contributed by atoms with Gasteiger partial charge in [0.15, 0.2) is 11.5 Å². The lowest BCUT2D eigenvalue weighted by Gasteiger charge is -2.27. The first-order chi connectivity index (χ1) is 15.0. The molecule has 0 radical (unpaired) electrons. The number of likely N-dealkylation sites (N-methyl/N-ethyl adjacent to an activating group) is 1. The Morgan fingerprint density at radius 2 is 1.72 bits per heavy atom. The molecule has 0 aliphatic rings. The minimum atomic E-state index is -0.0388. The monoisotopic (exact) mass is 483 g/mol. The highest BCUT2D eigenvalue weighted by Gasteiger charge is 2.16. The van der Waals surface area contributed by atoms with E-state index in [2.05, 4.69) is 42.8 Å². The summed E-state index contributed by atoms with van der Waals surface area (Å²) in [6.45, 7) is 15.9. The Morgan fingerprint density at radius 1 is 1.03 bits per heavy atom. The Balaban J connectivity index is 0.00000512. The maximum Gasteiger partial charge on any atom is 0.261 e. The number of thiophene rings is 1. The highest BCUT2D eigenvalue weighted by Crippen LogP contribution is 2.36. The third kappa shape index (κ3) is 7.66. The standard InChI is InChI=1S/C24H37N3O3S.ClH/c1-7-26(8-2)16-15-25-24(28)23-14-13-22(31-23)19-11-12-20(21(17-19)29-6)30-18(5)27(9-3)10-4;/h11-14,17-18H,7-10,15-16H2,1-6H3,(H,25,28);1H. The Labute approximate surface area is 203 Å². The number of nitrogens with zero attached hydrogens (tertiary/aromatic N) is 2. The fraction of sp³-hybridized carbons (Fsp3) is 0.542. The topological polar surface area (TPSA) is 54.0 Å². The molecule has 0 aliphatic carbocycles. The first kappa shape index (κ1) is 28.2. The normalized spacial score (nSPS) is 11.9. The number of halogens is 1. The Hall–Kier alpha value is -1.80. The molecule has 0 saturated heterocycles. The van der Waals surface area contributed by atoms with E-state index in [-0.39, 0.29) is 24.5 Å². The summed E-state index contributed by atoms with van der Waals surface area (Å²) in [5.41, 5.74) is 1.01. The van der Waals surface area contributed by atoms with E-state index in [0.717, 1.165) is 48.9 Å². The quantitative estimate of drug-likeness (QED) is 0.407. The van der Waals surface area contributed by atoms with Gasteiger partial charge in [-0.15, -0.1) is 23.7 Å². The molecular formula is C24H38ClN3O3S. The lowest BCUT2D eigenvalue weighted by molar-refractivity contribution is 0.0458. The molecule has 1 heterocycles. The van der Waals surface area contributed by atoms with E-state index in [1.165, 1.54) is 11.3 Å². The molecule has 1 atom stereocenters.